The molecule has 2 aromatic heterocycles. The molecule has 1 aliphatic rings. The number of likely N-dealkylation sites (tertiary alicyclic amines) is 1. The van der Waals surface area contributed by atoms with Gasteiger partial charge in [0.05, 0.1) is 23.5 Å². The number of nitrogens with zero attached hydrogens (tertiary/aromatic N) is 4. The summed E-state index contributed by atoms with van der Waals surface area (Å²) in [5.41, 5.74) is 1.40. The van der Waals surface area contributed by atoms with Crippen LogP contribution in [0, 0.1) is 0 Å². The Morgan fingerprint density at radius 2 is 2.40 bits per heavy atom. The number of carbonyl (C=O) groups excluding carboxylic acids is 1. The zero-order valence-electron chi connectivity index (χ0n) is 11.6. The number of hydrogen-bond donors (Lipinski definition) is 1. The van der Waals surface area contributed by atoms with Gasteiger partial charge in [-0.1, -0.05) is 6.92 Å². The van der Waals surface area contributed by atoms with E-state index >= 15 is 0 Å². The van der Waals surface area contributed by atoms with Crippen LogP contribution in [0.15, 0.2) is 24.8 Å². The highest BCUT2D eigenvalue weighted by Gasteiger charge is 2.25. The van der Waals surface area contributed by atoms with Gasteiger partial charge in [0.15, 0.2) is 0 Å². The zero-order valence-corrected chi connectivity index (χ0v) is 11.6. The van der Waals surface area contributed by atoms with Crippen molar-refractivity contribution in [1.29, 1.82) is 0 Å². The number of piperidine rings is 1. The van der Waals surface area contributed by atoms with Crippen LogP contribution in [-0.4, -0.2) is 51.1 Å². The van der Waals surface area contributed by atoms with E-state index < -0.39 is 0 Å². The van der Waals surface area contributed by atoms with E-state index in [1.807, 2.05) is 4.90 Å². The van der Waals surface area contributed by atoms with E-state index in [0.29, 0.717) is 11.6 Å². The van der Waals surface area contributed by atoms with Crippen molar-refractivity contribution in [2.45, 2.75) is 25.8 Å². The molecule has 1 atom stereocenters. The molecule has 6 nitrogen and oxygen atoms in total. The molecular formula is C14H19N5O. The van der Waals surface area contributed by atoms with E-state index in [2.05, 4.69) is 22.3 Å². The molecule has 0 radical (unpaired) electrons. The highest BCUT2D eigenvalue weighted by molar-refractivity contribution is 6.00. The number of likely N-dealkylation sites (N-methyl/N-ethyl adjacent to an activating group) is 1. The van der Waals surface area contributed by atoms with Crippen LogP contribution in [-0.2, 0) is 0 Å². The summed E-state index contributed by atoms with van der Waals surface area (Å²) in [6, 6.07) is 0.401. The molecule has 0 saturated carbocycles. The van der Waals surface area contributed by atoms with E-state index in [1.165, 1.54) is 0 Å². The third-order valence-corrected chi connectivity index (χ3v) is 3.76. The van der Waals surface area contributed by atoms with Crippen molar-refractivity contribution in [2.75, 3.05) is 19.6 Å². The first kappa shape index (κ1) is 13.1. The van der Waals surface area contributed by atoms with E-state index in [9.17, 15) is 4.79 Å². The molecular weight excluding hydrogens is 254 g/mol. The van der Waals surface area contributed by atoms with Gasteiger partial charge in [0, 0.05) is 31.5 Å². The first-order valence-electron chi connectivity index (χ1n) is 7.09. The average molecular weight is 273 g/mol. The monoisotopic (exact) mass is 273 g/mol. The number of nitrogens with one attached hydrogen (secondary N) is 1. The Morgan fingerprint density at radius 3 is 3.25 bits per heavy atom. The number of rotatable bonds is 3. The van der Waals surface area contributed by atoms with Crippen LogP contribution < -0.4 is 5.32 Å². The first-order chi connectivity index (χ1) is 9.79. The van der Waals surface area contributed by atoms with Gasteiger partial charge in [-0.3, -0.25) is 9.78 Å². The van der Waals surface area contributed by atoms with Gasteiger partial charge < -0.3 is 10.2 Å². The molecule has 0 aliphatic carbocycles. The normalized spacial score (nSPS) is 19.4. The van der Waals surface area contributed by atoms with Crippen molar-refractivity contribution in [3.8, 4) is 0 Å². The third kappa shape index (κ3) is 2.38. The smallest absolute Gasteiger partial charge is 0.257 e. The molecule has 1 unspecified atom stereocenters. The fourth-order valence-electron chi connectivity index (χ4n) is 2.79. The fourth-order valence-corrected chi connectivity index (χ4v) is 2.79. The highest BCUT2D eigenvalue weighted by atomic mass is 16.2. The van der Waals surface area contributed by atoms with Crippen molar-refractivity contribution in [1.82, 2.24) is 24.8 Å². The molecule has 20 heavy (non-hydrogen) atoms. The second kappa shape index (κ2) is 5.58. The molecule has 1 amide bonds. The molecule has 3 heterocycles. The topological polar surface area (TPSA) is 62.5 Å². The molecule has 0 bridgehead atoms. The Hall–Kier alpha value is -1.95. The van der Waals surface area contributed by atoms with Crippen molar-refractivity contribution in [3.05, 3.63) is 30.4 Å². The van der Waals surface area contributed by atoms with Crippen molar-refractivity contribution in [2.24, 2.45) is 0 Å². The Labute approximate surface area is 117 Å². The minimum atomic E-state index is 0.0515. The van der Waals surface area contributed by atoms with Crippen LogP contribution in [0.3, 0.4) is 0 Å². The van der Waals surface area contributed by atoms with Crippen molar-refractivity contribution < 1.29 is 4.79 Å². The van der Waals surface area contributed by atoms with Gasteiger partial charge in [-0.05, 0) is 19.4 Å². The Balaban J connectivity index is 1.81. The minimum absolute atomic E-state index is 0.0515. The van der Waals surface area contributed by atoms with Crippen LogP contribution in [0.1, 0.15) is 30.1 Å². The Morgan fingerprint density at radius 1 is 1.50 bits per heavy atom. The number of fused-ring (bicyclic) bond motifs is 1. The lowest BCUT2D eigenvalue weighted by atomic mass is 10.0. The van der Waals surface area contributed by atoms with Crippen LogP contribution in [0.2, 0.25) is 0 Å². The largest absolute Gasteiger partial charge is 0.337 e. The van der Waals surface area contributed by atoms with Crippen molar-refractivity contribution in [3.63, 3.8) is 0 Å². The number of carbonyl (C=O) groups is 1. The quantitative estimate of drug-likeness (QED) is 0.904. The maximum absolute atomic E-state index is 12.6. The van der Waals surface area contributed by atoms with Gasteiger partial charge >= 0.3 is 0 Å². The molecule has 2 aromatic rings. The van der Waals surface area contributed by atoms with Gasteiger partial charge in [0.1, 0.15) is 0 Å². The maximum atomic E-state index is 12.6. The van der Waals surface area contributed by atoms with E-state index in [1.54, 1.807) is 29.3 Å². The second-order valence-electron chi connectivity index (χ2n) is 5.11. The lowest BCUT2D eigenvalue weighted by molar-refractivity contribution is 0.0697. The fraction of sp³-hybridized carbons (Fsp3) is 0.500. The van der Waals surface area contributed by atoms with E-state index in [0.717, 1.165) is 38.0 Å². The number of aromatic nitrogens is 3. The Bertz CT molecular complexity index is 606. The lowest BCUT2D eigenvalue weighted by Crippen LogP contribution is -2.47. The highest BCUT2D eigenvalue weighted by Crippen LogP contribution is 2.16. The molecule has 1 aliphatic heterocycles. The summed E-state index contributed by atoms with van der Waals surface area (Å²) in [7, 11) is 0. The summed E-state index contributed by atoms with van der Waals surface area (Å²) >= 11 is 0. The van der Waals surface area contributed by atoms with Crippen molar-refractivity contribution >= 4 is 11.4 Å². The standard InChI is InChI=1S/C14H19N5O/c1-2-16-11-4-3-6-18(10-11)14(20)12-8-17-19-7-5-15-9-13(12)19/h5,7-9,11,16H,2-4,6,10H2,1H3. The van der Waals surface area contributed by atoms with Gasteiger partial charge in [0.2, 0.25) is 0 Å². The predicted molar refractivity (Wildman–Crippen MR) is 75.6 cm³/mol. The molecule has 3 rings (SSSR count). The molecule has 1 fully saturated rings. The maximum Gasteiger partial charge on any atom is 0.257 e. The van der Waals surface area contributed by atoms with Crippen LogP contribution in [0.25, 0.3) is 5.52 Å². The predicted octanol–water partition coefficient (Wildman–Crippen LogP) is 0.943. The van der Waals surface area contributed by atoms with Gasteiger partial charge in [0.25, 0.3) is 5.91 Å². The summed E-state index contributed by atoms with van der Waals surface area (Å²) in [6.07, 6.45) is 8.91. The van der Waals surface area contributed by atoms with Crippen LogP contribution >= 0.6 is 0 Å². The summed E-state index contributed by atoms with van der Waals surface area (Å²) in [5.74, 6) is 0.0515. The van der Waals surface area contributed by atoms with Gasteiger partial charge in [-0.15, -0.1) is 0 Å². The molecule has 1 saturated heterocycles. The number of amides is 1. The minimum Gasteiger partial charge on any atom is -0.337 e. The molecule has 1 N–H and O–H groups in total. The summed E-state index contributed by atoms with van der Waals surface area (Å²) in [5, 5.41) is 7.63. The number of hydrogen-bond acceptors (Lipinski definition) is 4. The lowest BCUT2D eigenvalue weighted by Gasteiger charge is -2.33. The second-order valence-corrected chi connectivity index (χ2v) is 5.11. The molecule has 6 heteroatoms. The SMILES string of the molecule is CCNC1CCCN(C(=O)c2cnn3ccncc23)C1. The molecule has 106 valence electrons. The molecule has 0 spiro atoms. The third-order valence-electron chi connectivity index (χ3n) is 3.76. The average Bonchev–Trinajstić information content (AvgIpc) is 2.91. The van der Waals surface area contributed by atoms with E-state index in [-0.39, 0.29) is 5.91 Å². The summed E-state index contributed by atoms with van der Waals surface area (Å²) in [4.78, 5) is 18.6. The van der Waals surface area contributed by atoms with Gasteiger partial charge in [-0.2, -0.15) is 5.10 Å². The summed E-state index contributed by atoms with van der Waals surface area (Å²) < 4.78 is 1.69. The van der Waals surface area contributed by atoms with Crippen LogP contribution in [0.4, 0.5) is 0 Å². The first-order valence-corrected chi connectivity index (χ1v) is 7.09. The molecule has 0 aromatic carbocycles. The van der Waals surface area contributed by atoms with E-state index in [4.69, 9.17) is 0 Å². The summed E-state index contributed by atoms with van der Waals surface area (Å²) in [6.45, 7) is 4.62. The van der Waals surface area contributed by atoms with Crippen LogP contribution in [0.5, 0.6) is 0 Å². The zero-order chi connectivity index (χ0) is 13.9. The Kier molecular flexibility index (Phi) is 3.64. The van der Waals surface area contributed by atoms with Gasteiger partial charge in [-0.25, -0.2) is 4.52 Å².